The van der Waals surface area contributed by atoms with E-state index in [1.807, 2.05) is 0 Å². The third-order valence-electron chi connectivity index (χ3n) is 4.11. The van der Waals surface area contributed by atoms with Crippen LogP contribution in [0.1, 0.15) is 48.4 Å². The number of carboxylic acid groups (broad SMARTS) is 1. The number of nitrogens with zero attached hydrogens (tertiary/aromatic N) is 3. The minimum atomic E-state index is -0.853. The monoisotopic (exact) mass is 275 g/mol. The van der Waals surface area contributed by atoms with Gasteiger partial charge in [-0.3, -0.25) is 9.59 Å². The van der Waals surface area contributed by atoms with Gasteiger partial charge in [-0.1, -0.05) is 0 Å². The molecule has 1 N–H and O–H groups in total. The molecule has 2 heterocycles. The van der Waals surface area contributed by atoms with Gasteiger partial charge in [0.25, 0.3) is 5.91 Å². The number of aromatic nitrogens is 2. The summed E-state index contributed by atoms with van der Waals surface area (Å²) >= 11 is 0. The topological polar surface area (TPSA) is 83.4 Å². The van der Waals surface area contributed by atoms with Gasteiger partial charge in [0.1, 0.15) is 11.5 Å². The number of hydrogen-bond donors (Lipinski definition) is 1. The van der Waals surface area contributed by atoms with Gasteiger partial charge in [0, 0.05) is 25.2 Å². The third-order valence-corrected chi connectivity index (χ3v) is 4.11. The summed E-state index contributed by atoms with van der Waals surface area (Å²) in [5.74, 6) is 0.0788. The Kier molecular flexibility index (Phi) is 2.96. The van der Waals surface area contributed by atoms with Gasteiger partial charge in [-0.2, -0.15) is 0 Å². The molecule has 20 heavy (non-hydrogen) atoms. The predicted molar refractivity (Wildman–Crippen MR) is 70.3 cm³/mol. The lowest BCUT2D eigenvalue weighted by Crippen LogP contribution is -2.35. The van der Waals surface area contributed by atoms with Crippen molar-refractivity contribution >= 4 is 11.9 Å². The number of carboxylic acids is 1. The van der Waals surface area contributed by atoms with E-state index < -0.39 is 11.4 Å². The van der Waals surface area contributed by atoms with Crippen molar-refractivity contribution in [1.82, 2.24) is 14.9 Å². The molecule has 0 radical (unpaired) electrons. The molecule has 106 valence electrons. The number of carbonyl (C=O) groups excluding carboxylic acids is 1. The minimum Gasteiger partial charge on any atom is -0.481 e. The predicted octanol–water partition coefficient (Wildman–Crippen LogP) is 1.29. The summed E-state index contributed by atoms with van der Waals surface area (Å²) in [4.78, 5) is 33.7. The molecule has 1 saturated heterocycles. The lowest BCUT2D eigenvalue weighted by atomic mass is 9.90. The first-order chi connectivity index (χ1) is 9.49. The molecule has 6 nitrogen and oxygen atoms in total. The average molecular weight is 275 g/mol. The van der Waals surface area contributed by atoms with Crippen molar-refractivity contribution in [2.24, 2.45) is 5.41 Å². The van der Waals surface area contributed by atoms with Crippen LogP contribution in [0, 0.1) is 5.41 Å². The van der Waals surface area contributed by atoms with Crippen LogP contribution in [0.25, 0.3) is 0 Å². The highest BCUT2D eigenvalue weighted by atomic mass is 16.4. The second-order valence-electron chi connectivity index (χ2n) is 5.92. The summed E-state index contributed by atoms with van der Waals surface area (Å²) in [5, 5.41) is 9.20. The van der Waals surface area contributed by atoms with Gasteiger partial charge in [0.2, 0.25) is 0 Å². The molecule has 1 saturated carbocycles. The van der Waals surface area contributed by atoms with E-state index in [1.54, 1.807) is 24.1 Å². The van der Waals surface area contributed by atoms with Crippen LogP contribution in [-0.2, 0) is 4.79 Å². The normalized spacial score (nSPS) is 25.8. The molecule has 1 amide bonds. The van der Waals surface area contributed by atoms with Crippen LogP contribution < -0.4 is 0 Å². The Balaban J connectivity index is 1.76. The quantitative estimate of drug-likeness (QED) is 0.898. The largest absolute Gasteiger partial charge is 0.481 e. The zero-order valence-corrected chi connectivity index (χ0v) is 11.4. The van der Waals surface area contributed by atoms with Gasteiger partial charge < -0.3 is 10.0 Å². The van der Waals surface area contributed by atoms with Gasteiger partial charge in [0.15, 0.2) is 0 Å². The van der Waals surface area contributed by atoms with E-state index in [0.717, 1.165) is 18.7 Å². The summed E-state index contributed by atoms with van der Waals surface area (Å²) in [7, 11) is 0. The maximum Gasteiger partial charge on any atom is 0.311 e. The first-order valence-corrected chi connectivity index (χ1v) is 6.85. The first-order valence-electron chi connectivity index (χ1n) is 6.85. The molecule has 1 aromatic rings. The molecule has 2 aliphatic rings. The van der Waals surface area contributed by atoms with Gasteiger partial charge in [-0.25, -0.2) is 9.97 Å². The van der Waals surface area contributed by atoms with Crippen molar-refractivity contribution in [3.05, 3.63) is 23.8 Å². The van der Waals surface area contributed by atoms with Crippen LogP contribution in [0.15, 0.2) is 12.3 Å². The first kappa shape index (κ1) is 13.0. The maximum absolute atomic E-state index is 12.4. The van der Waals surface area contributed by atoms with Crippen molar-refractivity contribution in [3.63, 3.8) is 0 Å². The van der Waals surface area contributed by atoms with Crippen molar-refractivity contribution in [2.75, 3.05) is 13.1 Å². The summed E-state index contributed by atoms with van der Waals surface area (Å²) in [6.45, 7) is 2.38. The molecular weight excluding hydrogens is 258 g/mol. The third kappa shape index (κ3) is 2.26. The fourth-order valence-corrected chi connectivity index (χ4v) is 2.50. The van der Waals surface area contributed by atoms with E-state index in [0.29, 0.717) is 24.6 Å². The highest BCUT2D eigenvalue weighted by Gasteiger charge is 2.42. The molecule has 1 aliphatic heterocycles. The number of likely N-dealkylation sites (tertiary alicyclic amines) is 1. The van der Waals surface area contributed by atoms with Crippen LogP contribution in [0.3, 0.4) is 0 Å². The Hall–Kier alpha value is -1.98. The van der Waals surface area contributed by atoms with E-state index >= 15 is 0 Å². The van der Waals surface area contributed by atoms with E-state index in [4.69, 9.17) is 0 Å². The molecular formula is C14H17N3O3. The molecule has 0 spiro atoms. The van der Waals surface area contributed by atoms with E-state index in [-0.39, 0.29) is 12.5 Å². The average Bonchev–Trinajstić information content (AvgIpc) is 3.21. The van der Waals surface area contributed by atoms with Crippen LogP contribution in [-0.4, -0.2) is 44.9 Å². The van der Waals surface area contributed by atoms with E-state index in [2.05, 4.69) is 9.97 Å². The standard InChI is InChI=1S/C14H17N3O3/c1-14(13(19)20)5-7-17(8-14)12(18)10-4-6-15-11(16-10)9-2-3-9/h4,6,9H,2-3,5,7-8H2,1H3,(H,19,20)/t14-/m0/s1. The van der Waals surface area contributed by atoms with Gasteiger partial charge >= 0.3 is 5.97 Å². The second-order valence-corrected chi connectivity index (χ2v) is 5.92. The highest BCUT2D eigenvalue weighted by Crippen LogP contribution is 2.38. The summed E-state index contributed by atoms with van der Waals surface area (Å²) in [6.07, 6.45) is 4.26. The Bertz CT molecular complexity index is 571. The Morgan fingerprint density at radius 2 is 2.20 bits per heavy atom. The van der Waals surface area contributed by atoms with Crippen LogP contribution >= 0.6 is 0 Å². The maximum atomic E-state index is 12.4. The number of rotatable bonds is 3. The molecule has 3 rings (SSSR count). The Morgan fingerprint density at radius 1 is 1.45 bits per heavy atom. The molecule has 0 bridgehead atoms. The summed E-state index contributed by atoms with van der Waals surface area (Å²) < 4.78 is 0. The molecule has 1 atom stereocenters. The minimum absolute atomic E-state index is 0.195. The molecule has 2 fully saturated rings. The van der Waals surface area contributed by atoms with Crippen molar-refractivity contribution in [1.29, 1.82) is 0 Å². The smallest absolute Gasteiger partial charge is 0.311 e. The SMILES string of the molecule is C[C@]1(C(=O)O)CCN(C(=O)c2ccnc(C3CC3)n2)C1. The number of hydrogen-bond acceptors (Lipinski definition) is 4. The van der Waals surface area contributed by atoms with Crippen LogP contribution in [0.4, 0.5) is 0 Å². The Morgan fingerprint density at radius 3 is 2.80 bits per heavy atom. The fourth-order valence-electron chi connectivity index (χ4n) is 2.50. The molecule has 0 aromatic carbocycles. The lowest BCUT2D eigenvalue weighted by molar-refractivity contribution is -0.147. The van der Waals surface area contributed by atoms with Crippen LogP contribution in [0.5, 0.6) is 0 Å². The fraction of sp³-hybridized carbons (Fsp3) is 0.571. The molecule has 0 unspecified atom stereocenters. The number of amides is 1. The zero-order chi connectivity index (χ0) is 14.3. The zero-order valence-electron chi connectivity index (χ0n) is 11.4. The van der Waals surface area contributed by atoms with Crippen molar-refractivity contribution in [3.8, 4) is 0 Å². The van der Waals surface area contributed by atoms with E-state index in [1.165, 1.54) is 0 Å². The highest BCUT2D eigenvalue weighted by molar-refractivity contribution is 5.93. The molecule has 1 aromatic heterocycles. The second kappa shape index (κ2) is 4.54. The van der Waals surface area contributed by atoms with E-state index in [9.17, 15) is 14.7 Å². The molecule has 6 heteroatoms. The number of aliphatic carboxylic acids is 1. The van der Waals surface area contributed by atoms with Gasteiger partial charge in [0.05, 0.1) is 5.41 Å². The summed E-state index contributed by atoms with van der Waals surface area (Å²) in [5.41, 5.74) is -0.473. The van der Waals surface area contributed by atoms with Gasteiger partial charge in [-0.05, 0) is 32.3 Å². The molecule has 1 aliphatic carbocycles. The van der Waals surface area contributed by atoms with Crippen molar-refractivity contribution in [2.45, 2.75) is 32.1 Å². The summed E-state index contributed by atoms with van der Waals surface area (Å²) in [6, 6.07) is 1.60. The Labute approximate surface area is 116 Å². The lowest BCUT2D eigenvalue weighted by Gasteiger charge is -2.19. The number of carbonyl (C=O) groups is 2. The van der Waals surface area contributed by atoms with Crippen molar-refractivity contribution < 1.29 is 14.7 Å². The van der Waals surface area contributed by atoms with Crippen LogP contribution in [0.2, 0.25) is 0 Å². The van der Waals surface area contributed by atoms with Gasteiger partial charge in [-0.15, -0.1) is 0 Å².